The molecule has 2 amide bonds. The zero-order valence-corrected chi connectivity index (χ0v) is 9.76. The summed E-state index contributed by atoms with van der Waals surface area (Å²) in [6.45, 7) is 7.43. The summed E-state index contributed by atoms with van der Waals surface area (Å²) in [5.74, 6) is -0.847. The van der Waals surface area contributed by atoms with Crippen LogP contribution in [0.15, 0.2) is 0 Å². The van der Waals surface area contributed by atoms with Gasteiger partial charge >= 0.3 is 12.0 Å². The molecule has 0 radical (unpaired) electrons. The van der Waals surface area contributed by atoms with E-state index in [-0.39, 0.29) is 24.0 Å². The van der Waals surface area contributed by atoms with Gasteiger partial charge in [-0.05, 0) is 34.1 Å². The number of carbonyl (C=O) groups excluding carboxylic acids is 1. The summed E-state index contributed by atoms with van der Waals surface area (Å²) in [5.41, 5.74) is -0.281. The molecule has 0 saturated heterocycles. The van der Waals surface area contributed by atoms with E-state index in [1.807, 2.05) is 20.8 Å². The topological polar surface area (TPSA) is 78.4 Å². The molecule has 3 N–H and O–H groups in total. The summed E-state index contributed by atoms with van der Waals surface area (Å²) >= 11 is 0. The molecule has 5 nitrogen and oxygen atoms in total. The van der Waals surface area contributed by atoms with Gasteiger partial charge in [-0.25, -0.2) is 4.79 Å². The highest BCUT2D eigenvalue weighted by molar-refractivity contribution is 5.75. The van der Waals surface area contributed by atoms with Crippen molar-refractivity contribution in [2.75, 3.05) is 0 Å². The third kappa shape index (κ3) is 9.05. The van der Waals surface area contributed by atoms with Crippen molar-refractivity contribution in [2.24, 2.45) is 0 Å². The largest absolute Gasteiger partial charge is 0.481 e. The maximum absolute atomic E-state index is 11.3. The highest BCUT2D eigenvalue weighted by Crippen LogP contribution is 2.00. The minimum atomic E-state index is -0.847. The van der Waals surface area contributed by atoms with E-state index in [0.717, 1.165) is 0 Å². The van der Waals surface area contributed by atoms with Crippen molar-refractivity contribution in [3.63, 3.8) is 0 Å². The van der Waals surface area contributed by atoms with Crippen molar-refractivity contribution < 1.29 is 14.7 Å². The standard InChI is InChI=1S/C10H20N2O3/c1-7(5-6-8(13)14)11-9(15)12-10(2,3)4/h7H,5-6H2,1-4H3,(H,13,14)(H2,11,12,15). The zero-order chi connectivity index (χ0) is 12.1. The van der Waals surface area contributed by atoms with Crippen molar-refractivity contribution in [1.82, 2.24) is 10.6 Å². The van der Waals surface area contributed by atoms with Crippen LogP contribution < -0.4 is 10.6 Å². The normalized spacial score (nSPS) is 13.1. The van der Waals surface area contributed by atoms with Gasteiger partial charge in [0.2, 0.25) is 0 Å². The maximum Gasteiger partial charge on any atom is 0.315 e. The summed E-state index contributed by atoms with van der Waals surface area (Å²) in [6, 6.07) is -0.399. The van der Waals surface area contributed by atoms with Crippen LogP contribution in [0.1, 0.15) is 40.5 Å². The lowest BCUT2D eigenvalue weighted by molar-refractivity contribution is -0.137. The highest BCUT2D eigenvalue weighted by Gasteiger charge is 2.15. The number of nitrogens with one attached hydrogen (secondary N) is 2. The van der Waals surface area contributed by atoms with Gasteiger partial charge in [0.1, 0.15) is 0 Å². The number of carboxylic acid groups (broad SMARTS) is 1. The fraction of sp³-hybridized carbons (Fsp3) is 0.800. The molecule has 0 aliphatic heterocycles. The summed E-state index contributed by atoms with van der Waals surface area (Å²) < 4.78 is 0. The molecule has 0 aromatic carbocycles. The van der Waals surface area contributed by atoms with E-state index < -0.39 is 5.97 Å². The number of hydrogen-bond donors (Lipinski definition) is 3. The number of carbonyl (C=O) groups is 2. The molecule has 0 spiro atoms. The molecule has 0 aromatic heterocycles. The molecule has 0 aliphatic carbocycles. The molecule has 0 rings (SSSR count). The first-order chi connectivity index (χ1) is 6.70. The Hall–Kier alpha value is -1.26. The molecule has 0 heterocycles. The van der Waals surface area contributed by atoms with Crippen LogP contribution in [0.5, 0.6) is 0 Å². The SMILES string of the molecule is CC(CCC(=O)O)NC(=O)NC(C)(C)C. The fourth-order valence-corrected chi connectivity index (χ4v) is 1.01. The Morgan fingerprint density at radius 2 is 1.87 bits per heavy atom. The fourth-order valence-electron chi connectivity index (χ4n) is 1.01. The molecule has 1 atom stereocenters. The quantitative estimate of drug-likeness (QED) is 0.663. The highest BCUT2D eigenvalue weighted by atomic mass is 16.4. The van der Waals surface area contributed by atoms with Gasteiger partial charge in [0.05, 0.1) is 0 Å². The Labute approximate surface area is 90.2 Å². The van der Waals surface area contributed by atoms with Gasteiger partial charge < -0.3 is 15.7 Å². The molecule has 0 aromatic rings. The number of hydrogen-bond acceptors (Lipinski definition) is 2. The summed E-state index contributed by atoms with van der Waals surface area (Å²) in [4.78, 5) is 21.6. The molecule has 0 fully saturated rings. The van der Waals surface area contributed by atoms with E-state index in [0.29, 0.717) is 6.42 Å². The van der Waals surface area contributed by atoms with Gasteiger partial charge in [0, 0.05) is 18.0 Å². The Morgan fingerprint density at radius 1 is 1.33 bits per heavy atom. The second kappa shape index (κ2) is 5.58. The second-order valence-electron chi connectivity index (χ2n) is 4.68. The molecular formula is C10H20N2O3. The molecule has 0 aliphatic rings. The monoisotopic (exact) mass is 216 g/mol. The van der Waals surface area contributed by atoms with Gasteiger partial charge in [0.15, 0.2) is 0 Å². The van der Waals surface area contributed by atoms with Crippen molar-refractivity contribution in [1.29, 1.82) is 0 Å². The van der Waals surface area contributed by atoms with Crippen LogP contribution in [-0.4, -0.2) is 28.7 Å². The van der Waals surface area contributed by atoms with Gasteiger partial charge in [-0.1, -0.05) is 0 Å². The van der Waals surface area contributed by atoms with Gasteiger partial charge in [0.25, 0.3) is 0 Å². The average molecular weight is 216 g/mol. The van der Waals surface area contributed by atoms with Crippen LogP contribution in [0.3, 0.4) is 0 Å². The molecule has 5 heteroatoms. The molecule has 88 valence electrons. The van der Waals surface area contributed by atoms with E-state index in [2.05, 4.69) is 10.6 Å². The van der Waals surface area contributed by atoms with E-state index in [1.165, 1.54) is 0 Å². The smallest absolute Gasteiger partial charge is 0.315 e. The molecule has 0 saturated carbocycles. The van der Waals surface area contributed by atoms with E-state index in [1.54, 1.807) is 6.92 Å². The summed E-state index contributed by atoms with van der Waals surface area (Å²) in [5, 5.41) is 13.9. The third-order valence-corrected chi connectivity index (χ3v) is 1.66. The Bertz CT molecular complexity index is 233. The number of amides is 2. The lowest BCUT2D eigenvalue weighted by Crippen LogP contribution is -2.48. The number of rotatable bonds is 4. The number of carboxylic acids is 1. The minimum Gasteiger partial charge on any atom is -0.481 e. The minimum absolute atomic E-state index is 0.0664. The first kappa shape index (κ1) is 13.7. The van der Waals surface area contributed by atoms with Crippen molar-refractivity contribution in [2.45, 2.75) is 52.1 Å². The lowest BCUT2D eigenvalue weighted by Gasteiger charge is -2.22. The molecule has 1 unspecified atom stereocenters. The summed E-state index contributed by atoms with van der Waals surface area (Å²) in [6.07, 6.45) is 0.504. The van der Waals surface area contributed by atoms with Crippen LogP contribution >= 0.6 is 0 Å². The zero-order valence-electron chi connectivity index (χ0n) is 9.76. The second-order valence-corrected chi connectivity index (χ2v) is 4.68. The number of urea groups is 1. The Kier molecular flexibility index (Phi) is 5.11. The van der Waals surface area contributed by atoms with Crippen LogP contribution in [0.2, 0.25) is 0 Å². The van der Waals surface area contributed by atoms with Gasteiger partial charge in [-0.15, -0.1) is 0 Å². The van der Waals surface area contributed by atoms with Crippen molar-refractivity contribution >= 4 is 12.0 Å². The van der Waals surface area contributed by atoms with E-state index >= 15 is 0 Å². The van der Waals surface area contributed by atoms with Gasteiger partial charge in [-0.3, -0.25) is 4.79 Å². The van der Waals surface area contributed by atoms with Gasteiger partial charge in [-0.2, -0.15) is 0 Å². The summed E-state index contributed by atoms with van der Waals surface area (Å²) in [7, 11) is 0. The molecule has 15 heavy (non-hydrogen) atoms. The van der Waals surface area contributed by atoms with Crippen LogP contribution in [0.4, 0.5) is 4.79 Å². The Morgan fingerprint density at radius 3 is 2.27 bits per heavy atom. The number of aliphatic carboxylic acids is 1. The van der Waals surface area contributed by atoms with Crippen molar-refractivity contribution in [3.05, 3.63) is 0 Å². The van der Waals surface area contributed by atoms with Crippen LogP contribution in [0, 0.1) is 0 Å². The van der Waals surface area contributed by atoms with E-state index in [4.69, 9.17) is 5.11 Å². The first-order valence-corrected chi connectivity index (χ1v) is 5.01. The van der Waals surface area contributed by atoms with Crippen LogP contribution in [0.25, 0.3) is 0 Å². The van der Waals surface area contributed by atoms with Crippen molar-refractivity contribution in [3.8, 4) is 0 Å². The van der Waals surface area contributed by atoms with E-state index in [9.17, 15) is 9.59 Å². The predicted octanol–water partition coefficient (Wildman–Crippen LogP) is 1.34. The average Bonchev–Trinajstić information content (AvgIpc) is 1.96. The molecular weight excluding hydrogens is 196 g/mol. The lowest BCUT2D eigenvalue weighted by atomic mass is 10.1. The Balaban J connectivity index is 3.81. The molecule has 0 bridgehead atoms. The maximum atomic E-state index is 11.3. The first-order valence-electron chi connectivity index (χ1n) is 5.01. The third-order valence-electron chi connectivity index (χ3n) is 1.66. The predicted molar refractivity (Wildman–Crippen MR) is 57.8 cm³/mol. The van der Waals surface area contributed by atoms with Crippen LogP contribution in [-0.2, 0) is 4.79 Å².